The highest BCUT2D eigenvalue weighted by atomic mass is 16.5. The number of methoxy groups -OCH3 is 1. The molecule has 0 radical (unpaired) electrons. The van der Waals surface area contributed by atoms with E-state index in [1.807, 2.05) is 7.11 Å². The highest BCUT2D eigenvalue weighted by molar-refractivity contribution is 5.57. The molecule has 3 rings (SSSR count). The molecular formula is C17H26N2O. The van der Waals surface area contributed by atoms with Crippen LogP contribution >= 0.6 is 0 Å². The Labute approximate surface area is 122 Å². The molecule has 1 saturated carbocycles. The maximum atomic E-state index is 5.60. The van der Waals surface area contributed by atoms with E-state index in [2.05, 4.69) is 41.5 Å². The van der Waals surface area contributed by atoms with Crippen LogP contribution in [0.15, 0.2) is 24.3 Å². The average molecular weight is 274 g/mol. The van der Waals surface area contributed by atoms with E-state index in [1.165, 1.54) is 43.4 Å². The highest BCUT2D eigenvalue weighted by Crippen LogP contribution is 2.37. The first-order chi connectivity index (χ1) is 9.83. The van der Waals surface area contributed by atoms with Gasteiger partial charge in [0.1, 0.15) is 0 Å². The van der Waals surface area contributed by atoms with Gasteiger partial charge in [0.05, 0.1) is 6.10 Å². The smallest absolute Gasteiger partial charge is 0.0591 e. The summed E-state index contributed by atoms with van der Waals surface area (Å²) in [6, 6.07) is 10.0. The van der Waals surface area contributed by atoms with Gasteiger partial charge in [0.25, 0.3) is 0 Å². The number of nitrogens with zero attached hydrogens (tertiary/aromatic N) is 1. The van der Waals surface area contributed by atoms with Gasteiger partial charge in [-0.3, -0.25) is 0 Å². The third kappa shape index (κ3) is 2.57. The molecule has 3 heteroatoms. The van der Waals surface area contributed by atoms with Gasteiger partial charge in [0.2, 0.25) is 0 Å². The normalized spacial score (nSPS) is 30.1. The lowest BCUT2D eigenvalue weighted by Crippen LogP contribution is -2.45. The van der Waals surface area contributed by atoms with E-state index in [0.717, 1.165) is 6.54 Å². The quantitative estimate of drug-likeness (QED) is 0.916. The number of rotatable bonds is 3. The van der Waals surface area contributed by atoms with Gasteiger partial charge in [-0.1, -0.05) is 18.2 Å². The Kier molecular flexibility index (Phi) is 4.27. The fourth-order valence-electron chi connectivity index (χ4n) is 3.88. The van der Waals surface area contributed by atoms with E-state index in [9.17, 15) is 0 Å². The number of ether oxygens (including phenoxy) is 1. The summed E-state index contributed by atoms with van der Waals surface area (Å²) in [5, 5.41) is 3.45. The lowest BCUT2D eigenvalue weighted by Gasteiger charge is -2.43. The molecule has 0 saturated heterocycles. The van der Waals surface area contributed by atoms with Crippen molar-refractivity contribution >= 4 is 5.69 Å². The number of anilines is 1. The molecule has 1 heterocycles. The fourth-order valence-corrected chi connectivity index (χ4v) is 3.88. The second-order valence-corrected chi connectivity index (χ2v) is 6.06. The van der Waals surface area contributed by atoms with Crippen LogP contribution in [0.5, 0.6) is 0 Å². The molecule has 1 aromatic rings. The minimum Gasteiger partial charge on any atom is -0.381 e. The summed E-state index contributed by atoms with van der Waals surface area (Å²) in [5.41, 5.74) is 2.89. The van der Waals surface area contributed by atoms with Gasteiger partial charge < -0.3 is 15.0 Å². The van der Waals surface area contributed by atoms with Crippen molar-refractivity contribution in [1.29, 1.82) is 0 Å². The molecule has 3 atom stereocenters. The van der Waals surface area contributed by atoms with Crippen LogP contribution in [0.1, 0.15) is 43.7 Å². The molecule has 20 heavy (non-hydrogen) atoms. The van der Waals surface area contributed by atoms with Crippen molar-refractivity contribution in [3.05, 3.63) is 29.8 Å². The molecule has 0 spiro atoms. The molecule has 3 nitrogen and oxygen atoms in total. The van der Waals surface area contributed by atoms with E-state index in [4.69, 9.17) is 4.74 Å². The average Bonchev–Trinajstić information content (AvgIpc) is 2.54. The summed E-state index contributed by atoms with van der Waals surface area (Å²) in [4.78, 5) is 2.63. The predicted octanol–water partition coefficient (Wildman–Crippen LogP) is 3.11. The zero-order valence-electron chi connectivity index (χ0n) is 12.6. The number of nitrogens with one attached hydrogen (secondary N) is 1. The van der Waals surface area contributed by atoms with Crippen molar-refractivity contribution in [2.75, 3.05) is 25.6 Å². The number of para-hydroxylation sites is 1. The number of hydrogen-bond donors (Lipinski definition) is 1. The van der Waals surface area contributed by atoms with E-state index in [1.54, 1.807) is 0 Å². The van der Waals surface area contributed by atoms with E-state index in [-0.39, 0.29) is 0 Å². The molecular weight excluding hydrogens is 248 g/mol. The summed E-state index contributed by atoms with van der Waals surface area (Å²) >= 11 is 0. The molecule has 1 fully saturated rings. The Balaban J connectivity index is 1.84. The van der Waals surface area contributed by atoms with Crippen molar-refractivity contribution in [3.8, 4) is 0 Å². The van der Waals surface area contributed by atoms with Gasteiger partial charge in [-0.25, -0.2) is 0 Å². The van der Waals surface area contributed by atoms with Crippen molar-refractivity contribution < 1.29 is 4.74 Å². The lowest BCUT2D eigenvalue weighted by atomic mass is 9.88. The highest BCUT2D eigenvalue weighted by Gasteiger charge is 2.31. The minimum atomic E-state index is 0.447. The number of hydrogen-bond acceptors (Lipinski definition) is 3. The second kappa shape index (κ2) is 6.15. The van der Waals surface area contributed by atoms with Gasteiger partial charge >= 0.3 is 0 Å². The zero-order chi connectivity index (χ0) is 13.9. The first-order valence-corrected chi connectivity index (χ1v) is 7.89. The van der Waals surface area contributed by atoms with Crippen LogP contribution in [0, 0.1) is 0 Å². The van der Waals surface area contributed by atoms with Crippen molar-refractivity contribution in [2.45, 2.75) is 50.3 Å². The van der Waals surface area contributed by atoms with Crippen LogP contribution in [-0.2, 0) is 4.74 Å². The van der Waals surface area contributed by atoms with Crippen molar-refractivity contribution in [2.24, 2.45) is 0 Å². The number of fused-ring (bicyclic) bond motifs is 1. The molecule has 3 unspecified atom stereocenters. The summed E-state index contributed by atoms with van der Waals surface area (Å²) in [7, 11) is 3.92. The Morgan fingerprint density at radius 3 is 2.85 bits per heavy atom. The monoisotopic (exact) mass is 274 g/mol. The fraction of sp³-hybridized carbons (Fsp3) is 0.647. The van der Waals surface area contributed by atoms with Crippen LogP contribution in [0.25, 0.3) is 0 Å². The first kappa shape index (κ1) is 13.9. The van der Waals surface area contributed by atoms with E-state index < -0.39 is 0 Å². The molecule has 110 valence electrons. The third-order valence-corrected chi connectivity index (χ3v) is 5.00. The molecule has 0 aromatic heterocycles. The predicted molar refractivity (Wildman–Crippen MR) is 83.3 cm³/mol. The summed E-state index contributed by atoms with van der Waals surface area (Å²) < 4.78 is 5.60. The summed E-state index contributed by atoms with van der Waals surface area (Å²) in [6.45, 7) is 1.16. The maximum Gasteiger partial charge on any atom is 0.0591 e. The second-order valence-electron chi connectivity index (χ2n) is 6.06. The molecule has 1 aliphatic heterocycles. The molecule has 2 aliphatic rings. The Morgan fingerprint density at radius 2 is 2.05 bits per heavy atom. The molecule has 0 amide bonds. The lowest BCUT2D eigenvalue weighted by molar-refractivity contribution is 0.0627. The molecule has 1 N–H and O–H groups in total. The third-order valence-electron chi connectivity index (χ3n) is 5.00. The van der Waals surface area contributed by atoms with Gasteiger partial charge in [-0.05, 0) is 50.8 Å². The van der Waals surface area contributed by atoms with Crippen LogP contribution in [0.3, 0.4) is 0 Å². The SMILES string of the molecule is CNC1CCN(C2CCCC(OC)C2)c2ccccc21. The summed E-state index contributed by atoms with van der Waals surface area (Å²) in [5.74, 6) is 0. The minimum absolute atomic E-state index is 0.447. The number of benzene rings is 1. The van der Waals surface area contributed by atoms with Crippen LogP contribution in [0.4, 0.5) is 5.69 Å². The van der Waals surface area contributed by atoms with Crippen molar-refractivity contribution in [3.63, 3.8) is 0 Å². The summed E-state index contributed by atoms with van der Waals surface area (Å²) in [6.07, 6.45) is 6.64. The van der Waals surface area contributed by atoms with Gasteiger partial charge in [0, 0.05) is 31.4 Å². The maximum absolute atomic E-state index is 5.60. The van der Waals surface area contributed by atoms with Crippen LogP contribution in [0.2, 0.25) is 0 Å². The Morgan fingerprint density at radius 1 is 1.20 bits per heavy atom. The van der Waals surface area contributed by atoms with Crippen LogP contribution < -0.4 is 10.2 Å². The molecule has 0 bridgehead atoms. The first-order valence-electron chi connectivity index (χ1n) is 7.89. The van der Waals surface area contributed by atoms with Gasteiger partial charge in [-0.15, -0.1) is 0 Å². The Hall–Kier alpha value is -1.06. The largest absolute Gasteiger partial charge is 0.381 e. The van der Waals surface area contributed by atoms with E-state index >= 15 is 0 Å². The standard InChI is InChI=1S/C17H26N2O/c1-18-16-10-11-19(17-9-4-3-8-15(16)17)13-6-5-7-14(12-13)20-2/h3-4,8-9,13-14,16,18H,5-7,10-12H2,1-2H3. The molecule has 1 aliphatic carbocycles. The van der Waals surface area contributed by atoms with E-state index in [0.29, 0.717) is 18.2 Å². The van der Waals surface area contributed by atoms with Gasteiger partial charge in [0.15, 0.2) is 0 Å². The van der Waals surface area contributed by atoms with Crippen LogP contribution in [-0.4, -0.2) is 32.8 Å². The topological polar surface area (TPSA) is 24.5 Å². The van der Waals surface area contributed by atoms with Gasteiger partial charge in [-0.2, -0.15) is 0 Å². The molecule has 1 aromatic carbocycles. The van der Waals surface area contributed by atoms with Crippen molar-refractivity contribution in [1.82, 2.24) is 5.32 Å². The Bertz CT molecular complexity index is 448. The zero-order valence-corrected chi connectivity index (χ0v) is 12.6.